The molecule has 0 aliphatic carbocycles. The maximum Gasteiger partial charge on any atom is 0.277 e. The lowest BCUT2D eigenvalue weighted by Gasteiger charge is -2.28. The summed E-state index contributed by atoms with van der Waals surface area (Å²) < 4.78 is 29.3. The first-order valence-electron chi connectivity index (χ1n) is 9.84. The molecule has 3 atom stereocenters. The van der Waals surface area contributed by atoms with Gasteiger partial charge in [-0.05, 0) is 31.7 Å². The SMILES string of the molecule is CCN(C(=O)C(C)Sc1nnc(CC(C)c2ccccc2)o1)C1CCS(=O)(=O)C1. The van der Waals surface area contributed by atoms with Crippen molar-refractivity contribution >= 4 is 27.5 Å². The zero-order valence-corrected chi connectivity index (χ0v) is 18.6. The number of hydrogen-bond donors (Lipinski definition) is 0. The van der Waals surface area contributed by atoms with Crippen molar-refractivity contribution in [3.63, 3.8) is 0 Å². The predicted octanol–water partition coefficient (Wildman–Crippen LogP) is 2.93. The Morgan fingerprint density at radius 2 is 2.00 bits per heavy atom. The molecule has 0 saturated carbocycles. The number of carbonyl (C=O) groups excluding carboxylic acids is 1. The molecule has 1 saturated heterocycles. The van der Waals surface area contributed by atoms with E-state index in [2.05, 4.69) is 29.3 Å². The van der Waals surface area contributed by atoms with E-state index in [4.69, 9.17) is 4.42 Å². The minimum atomic E-state index is -3.04. The van der Waals surface area contributed by atoms with E-state index in [9.17, 15) is 13.2 Å². The van der Waals surface area contributed by atoms with Crippen LogP contribution in [0.1, 0.15) is 44.6 Å². The van der Waals surface area contributed by atoms with Gasteiger partial charge in [0.25, 0.3) is 5.22 Å². The summed E-state index contributed by atoms with van der Waals surface area (Å²) in [5.41, 5.74) is 1.20. The third-order valence-electron chi connectivity index (χ3n) is 5.20. The Bertz CT molecular complexity index is 930. The van der Waals surface area contributed by atoms with Crippen LogP contribution in [0.2, 0.25) is 0 Å². The van der Waals surface area contributed by atoms with Crippen molar-refractivity contribution in [3.05, 3.63) is 41.8 Å². The molecule has 1 aliphatic heterocycles. The lowest BCUT2D eigenvalue weighted by atomic mass is 9.98. The number of aromatic nitrogens is 2. The number of carbonyl (C=O) groups is 1. The van der Waals surface area contributed by atoms with Crippen LogP contribution in [0.5, 0.6) is 0 Å². The first-order valence-corrected chi connectivity index (χ1v) is 12.5. The van der Waals surface area contributed by atoms with Crippen molar-refractivity contribution in [2.75, 3.05) is 18.1 Å². The molecule has 0 bridgehead atoms. The molecule has 3 unspecified atom stereocenters. The summed E-state index contributed by atoms with van der Waals surface area (Å²) in [5.74, 6) is 0.880. The third kappa shape index (κ3) is 5.60. The number of thioether (sulfide) groups is 1. The summed E-state index contributed by atoms with van der Waals surface area (Å²) in [6, 6.07) is 9.88. The molecule has 1 amide bonds. The van der Waals surface area contributed by atoms with Gasteiger partial charge in [0.1, 0.15) is 0 Å². The molecule has 1 aliphatic rings. The summed E-state index contributed by atoms with van der Waals surface area (Å²) in [5, 5.41) is 8.11. The molecule has 1 aromatic carbocycles. The van der Waals surface area contributed by atoms with E-state index in [0.29, 0.717) is 30.5 Å². The molecule has 0 N–H and O–H groups in total. The van der Waals surface area contributed by atoms with Gasteiger partial charge in [-0.15, -0.1) is 10.2 Å². The Morgan fingerprint density at radius 1 is 1.28 bits per heavy atom. The van der Waals surface area contributed by atoms with Crippen LogP contribution in [-0.2, 0) is 21.1 Å². The minimum absolute atomic E-state index is 0.0477. The van der Waals surface area contributed by atoms with Crippen LogP contribution < -0.4 is 0 Å². The fourth-order valence-electron chi connectivity index (χ4n) is 3.58. The monoisotopic (exact) mass is 437 g/mol. The zero-order chi connectivity index (χ0) is 21.0. The van der Waals surface area contributed by atoms with Crippen molar-refractivity contribution < 1.29 is 17.6 Å². The fourth-order valence-corrected chi connectivity index (χ4v) is 6.08. The van der Waals surface area contributed by atoms with Crippen molar-refractivity contribution in [1.82, 2.24) is 15.1 Å². The summed E-state index contributed by atoms with van der Waals surface area (Å²) >= 11 is 1.22. The topological polar surface area (TPSA) is 93.4 Å². The van der Waals surface area contributed by atoms with Crippen LogP contribution in [0.4, 0.5) is 0 Å². The maximum atomic E-state index is 12.9. The zero-order valence-electron chi connectivity index (χ0n) is 16.9. The van der Waals surface area contributed by atoms with Crippen molar-refractivity contribution in [1.29, 1.82) is 0 Å². The number of hydrogen-bond acceptors (Lipinski definition) is 7. The smallest absolute Gasteiger partial charge is 0.277 e. The lowest BCUT2D eigenvalue weighted by Crippen LogP contribution is -2.44. The Labute approximate surface area is 176 Å². The van der Waals surface area contributed by atoms with Crippen LogP contribution in [-0.4, -0.2) is 58.8 Å². The van der Waals surface area contributed by atoms with Gasteiger partial charge in [0, 0.05) is 19.0 Å². The summed E-state index contributed by atoms with van der Waals surface area (Å²) in [6.45, 7) is 6.24. The van der Waals surface area contributed by atoms with Gasteiger partial charge >= 0.3 is 0 Å². The van der Waals surface area contributed by atoms with Gasteiger partial charge in [-0.1, -0.05) is 49.0 Å². The van der Waals surface area contributed by atoms with Crippen molar-refractivity contribution in [3.8, 4) is 0 Å². The van der Waals surface area contributed by atoms with E-state index in [1.807, 2.05) is 25.1 Å². The van der Waals surface area contributed by atoms with E-state index in [-0.39, 0.29) is 29.4 Å². The maximum absolute atomic E-state index is 12.9. The number of sulfone groups is 1. The second-order valence-corrected chi connectivity index (χ2v) is 10.9. The van der Waals surface area contributed by atoms with E-state index < -0.39 is 15.1 Å². The molecule has 9 heteroatoms. The fraction of sp³-hybridized carbons (Fsp3) is 0.550. The van der Waals surface area contributed by atoms with Gasteiger partial charge in [-0.25, -0.2) is 8.42 Å². The molecule has 0 radical (unpaired) electrons. The van der Waals surface area contributed by atoms with Gasteiger partial charge in [0.05, 0.1) is 16.8 Å². The molecule has 158 valence electrons. The first-order chi connectivity index (χ1) is 13.8. The second-order valence-electron chi connectivity index (χ2n) is 7.42. The molecule has 0 spiro atoms. The lowest BCUT2D eigenvalue weighted by molar-refractivity contribution is -0.131. The summed E-state index contributed by atoms with van der Waals surface area (Å²) in [7, 11) is -3.04. The van der Waals surface area contributed by atoms with Crippen LogP contribution in [0.15, 0.2) is 40.0 Å². The molecule has 1 fully saturated rings. The minimum Gasteiger partial charge on any atom is -0.416 e. The molecule has 29 heavy (non-hydrogen) atoms. The highest BCUT2D eigenvalue weighted by atomic mass is 32.2. The van der Waals surface area contributed by atoms with Crippen LogP contribution >= 0.6 is 11.8 Å². The highest BCUT2D eigenvalue weighted by Crippen LogP contribution is 2.27. The van der Waals surface area contributed by atoms with Crippen LogP contribution in [0, 0.1) is 0 Å². The summed E-state index contributed by atoms with van der Waals surface area (Å²) in [6.07, 6.45) is 1.13. The molecular formula is C20H27N3O4S2. The highest BCUT2D eigenvalue weighted by Gasteiger charge is 2.35. The van der Waals surface area contributed by atoms with Gasteiger partial charge in [-0.3, -0.25) is 4.79 Å². The number of nitrogens with zero attached hydrogens (tertiary/aromatic N) is 3. The quantitative estimate of drug-likeness (QED) is 0.586. The summed E-state index contributed by atoms with van der Waals surface area (Å²) in [4.78, 5) is 14.5. The Balaban J connectivity index is 1.59. The van der Waals surface area contributed by atoms with Crippen LogP contribution in [0.25, 0.3) is 0 Å². The van der Waals surface area contributed by atoms with Gasteiger partial charge < -0.3 is 9.32 Å². The van der Waals surface area contributed by atoms with E-state index in [1.54, 1.807) is 11.8 Å². The normalized spacial score (nSPS) is 20.3. The average Bonchev–Trinajstić information content (AvgIpc) is 3.28. The Kier molecular flexibility index (Phi) is 7.00. The van der Waals surface area contributed by atoms with E-state index in [0.717, 1.165) is 0 Å². The molecule has 1 aromatic heterocycles. The Morgan fingerprint density at radius 3 is 2.62 bits per heavy atom. The van der Waals surface area contributed by atoms with Crippen LogP contribution in [0.3, 0.4) is 0 Å². The standard InChI is InChI=1S/C20H27N3O4S2/c1-4-23(17-10-11-29(25,26)13-17)19(24)15(3)28-20-22-21-18(27-20)12-14(2)16-8-6-5-7-9-16/h5-9,14-15,17H,4,10-13H2,1-3H3. The largest absolute Gasteiger partial charge is 0.416 e. The predicted molar refractivity (Wildman–Crippen MR) is 113 cm³/mol. The van der Waals surface area contributed by atoms with Gasteiger partial charge in [0.2, 0.25) is 11.8 Å². The van der Waals surface area contributed by atoms with Gasteiger partial charge in [0.15, 0.2) is 9.84 Å². The first kappa shape index (κ1) is 21.8. The van der Waals surface area contributed by atoms with Crippen molar-refractivity contribution in [2.45, 2.75) is 56.0 Å². The number of rotatable bonds is 8. The molecule has 7 nitrogen and oxygen atoms in total. The molecular weight excluding hydrogens is 410 g/mol. The van der Waals surface area contributed by atoms with Gasteiger partial charge in [-0.2, -0.15) is 0 Å². The van der Waals surface area contributed by atoms with Crippen molar-refractivity contribution in [2.24, 2.45) is 0 Å². The molecule has 2 aromatic rings. The second kappa shape index (κ2) is 9.30. The highest BCUT2D eigenvalue weighted by molar-refractivity contribution is 8.00. The third-order valence-corrected chi connectivity index (χ3v) is 7.87. The molecule has 3 rings (SSSR count). The average molecular weight is 438 g/mol. The van der Waals surface area contributed by atoms with E-state index in [1.165, 1.54) is 17.3 Å². The number of amides is 1. The number of benzene rings is 1. The van der Waals surface area contributed by atoms with E-state index >= 15 is 0 Å². The Hall–Kier alpha value is -1.87. The molecule has 2 heterocycles.